The number of nitrogens with two attached hydrogens (primary N) is 1. The Labute approximate surface area is 268 Å². The number of benzene rings is 2. The normalized spacial score (nSPS) is 15.1. The van der Waals surface area contributed by atoms with Gasteiger partial charge in [0.15, 0.2) is 0 Å². The molecule has 1 saturated heterocycles. The van der Waals surface area contributed by atoms with Gasteiger partial charge in [0.1, 0.15) is 35.7 Å². The van der Waals surface area contributed by atoms with E-state index in [1.807, 2.05) is 4.57 Å². The SMILES string of the molecule is Nc1nccc(-c2c(-c3ccc(F)cc3)ncn2C2CCN(C(=O)CCNC[C@](O)(Cn3cncn3)c3ccc(F)cc3F)CC2)n1. The summed E-state index contributed by atoms with van der Waals surface area (Å²) in [6.07, 6.45) is 7.47. The Hall–Kier alpha value is -5.15. The molecule has 1 atom stereocenters. The Kier molecular flexibility index (Phi) is 9.26. The van der Waals surface area contributed by atoms with Crippen LogP contribution in [0.1, 0.15) is 30.9 Å². The summed E-state index contributed by atoms with van der Waals surface area (Å²) in [4.78, 5) is 31.9. The molecular weight excluding hydrogens is 613 g/mol. The Balaban J connectivity index is 1.09. The van der Waals surface area contributed by atoms with Crippen LogP contribution in [0.25, 0.3) is 22.6 Å². The number of amides is 1. The van der Waals surface area contributed by atoms with E-state index < -0.39 is 17.2 Å². The fourth-order valence-corrected chi connectivity index (χ4v) is 5.94. The molecule has 0 saturated carbocycles. The smallest absolute Gasteiger partial charge is 0.223 e. The molecule has 1 aliphatic rings. The first-order valence-electron chi connectivity index (χ1n) is 15.1. The second kappa shape index (κ2) is 13.7. The number of carbonyl (C=O) groups is 1. The molecule has 0 spiro atoms. The summed E-state index contributed by atoms with van der Waals surface area (Å²) in [7, 11) is 0. The predicted octanol–water partition coefficient (Wildman–Crippen LogP) is 3.33. The number of hydrogen-bond donors (Lipinski definition) is 3. The van der Waals surface area contributed by atoms with Gasteiger partial charge in [-0.3, -0.25) is 4.79 Å². The molecule has 0 radical (unpaired) electrons. The van der Waals surface area contributed by atoms with E-state index >= 15 is 0 Å². The van der Waals surface area contributed by atoms with E-state index in [1.54, 1.807) is 35.6 Å². The summed E-state index contributed by atoms with van der Waals surface area (Å²) in [6, 6.07) is 10.8. The minimum absolute atomic E-state index is 0.0162. The number of nitrogens with one attached hydrogen (secondary N) is 1. The summed E-state index contributed by atoms with van der Waals surface area (Å²) in [5.41, 5.74) is 6.70. The van der Waals surface area contributed by atoms with Crippen molar-refractivity contribution in [2.75, 3.05) is 31.9 Å². The quantitative estimate of drug-likeness (QED) is 0.184. The third-order valence-electron chi connectivity index (χ3n) is 8.29. The average Bonchev–Trinajstić information content (AvgIpc) is 3.74. The molecule has 1 aliphatic heterocycles. The number of imidazole rings is 1. The second-order valence-corrected chi connectivity index (χ2v) is 11.4. The van der Waals surface area contributed by atoms with Gasteiger partial charge in [-0.25, -0.2) is 37.8 Å². The monoisotopic (exact) mass is 646 g/mol. The lowest BCUT2D eigenvalue weighted by molar-refractivity contribution is -0.132. The van der Waals surface area contributed by atoms with Gasteiger partial charge in [-0.15, -0.1) is 0 Å². The van der Waals surface area contributed by atoms with Crippen molar-refractivity contribution >= 4 is 11.9 Å². The maximum atomic E-state index is 14.7. The number of halogens is 3. The van der Waals surface area contributed by atoms with E-state index in [2.05, 4.69) is 30.4 Å². The first kappa shape index (κ1) is 31.8. The van der Waals surface area contributed by atoms with Gasteiger partial charge in [-0.1, -0.05) is 6.07 Å². The van der Waals surface area contributed by atoms with Gasteiger partial charge in [-0.2, -0.15) is 5.10 Å². The van der Waals surface area contributed by atoms with Crippen LogP contribution in [0.5, 0.6) is 0 Å². The number of nitrogen functional groups attached to an aromatic ring is 1. The standard InChI is InChI=1S/C32H33F3N10O2/c33-22-3-1-21(2-4-22)29-30(27-7-12-39-31(36)42-27)45(20-40-29)24-9-13-43(14-10-24)28(46)8-11-37-16-32(47,17-44-19-38-18-41-44)25-6-5-23(34)15-26(25)35/h1-7,12,15,18-20,24,37,47H,8-11,13-14,16-17H2,(H2,36,39,42)/t32-/m0/s1. The average molecular weight is 647 g/mol. The van der Waals surface area contributed by atoms with Gasteiger partial charge in [0.2, 0.25) is 11.9 Å². The molecule has 1 amide bonds. The molecule has 3 aromatic heterocycles. The van der Waals surface area contributed by atoms with Crippen LogP contribution >= 0.6 is 0 Å². The van der Waals surface area contributed by atoms with E-state index in [0.717, 1.165) is 17.3 Å². The number of piperidine rings is 1. The zero-order valence-corrected chi connectivity index (χ0v) is 25.3. The summed E-state index contributed by atoms with van der Waals surface area (Å²) < 4.78 is 45.3. The number of likely N-dealkylation sites (tertiary alicyclic amines) is 1. The van der Waals surface area contributed by atoms with Crippen molar-refractivity contribution in [1.82, 2.24) is 44.5 Å². The first-order valence-corrected chi connectivity index (χ1v) is 15.1. The minimum atomic E-state index is -1.78. The van der Waals surface area contributed by atoms with Crippen molar-refractivity contribution < 1.29 is 23.1 Å². The molecule has 0 aliphatic carbocycles. The number of anilines is 1. The number of aliphatic hydroxyl groups is 1. The molecule has 4 heterocycles. The summed E-state index contributed by atoms with van der Waals surface area (Å²) >= 11 is 0. The van der Waals surface area contributed by atoms with Crippen molar-refractivity contribution in [3.63, 3.8) is 0 Å². The highest BCUT2D eigenvalue weighted by atomic mass is 19.1. The lowest BCUT2D eigenvalue weighted by Crippen LogP contribution is -2.44. The van der Waals surface area contributed by atoms with Crippen LogP contribution in [0.3, 0.4) is 0 Å². The van der Waals surface area contributed by atoms with Gasteiger partial charge in [0.05, 0.1) is 30.0 Å². The van der Waals surface area contributed by atoms with Crippen molar-refractivity contribution in [2.24, 2.45) is 0 Å². The molecule has 47 heavy (non-hydrogen) atoms. The summed E-state index contributed by atoms with van der Waals surface area (Å²) in [5.74, 6) is -1.94. The lowest BCUT2D eigenvalue weighted by atomic mass is 9.92. The number of carbonyl (C=O) groups excluding carboxylic acids is 1. The number of aromatic nitrogens is 7. The molecule has 5 aromatic rings. The Bertz CT molecular complexity index is 1830. The highest BCUT2D eigenvalue weighted by Crippen LogP contribution is 2.35. The van der Waals surface area contributed by atoms with Crippen LogP contribution in [-0.4, -0.2) is 76.4 Å². The highest BCUT2D eigenvalue weighted by Gasteiger charge is 2.34. The van der Waals surface area contributed by atoms with Crippen LogP contribution in [0, 0.1) is 17.5 Å². The van der Waals surface area contributed by atoms with Gasteiger partial charge in [-0.05, 0) is 49.2 Å². The van der Waals surface area contributed by atoms with Crippen LogP contribution in [-0.2, 0) is 16.9 Å². The van der Waals surface area contributed by atoms with Gasteiger partial charge in [0.25, 0.3) is 0 Å². The van der Waals surface area contributed by atoms with Gasteiger partial charge < -0.3 is 25.6 Å². The molecule has 15 heteroatoms. The molecule has 1 fully saturated rings. The fraction of sp³-hybridized carbons (Fsp3) is 0.312. The van der Waals surface area contributed by atoms with Gasteiger partial charge in [0, 0.05) is 62.0 Å². The minimum Gasteiger partial charge on any atom is -0.382 e. The third kappa shape index (κ3) is 7.15. The summed E-state index contributed by atoms with van der Waals surface area (Å²) in [5, 5.41) is 18.5. The summed E-state index contributed by atoms with van der Waals surface area (Å²) in [6.45, 7) is 0.998. The molecule has 6 rings (SSSR count). The maximum Gasteiger partial charge on any atom is 0.223 e. The van der Waals surface area contributed by atoms with Gasteiger partial charge >= 0.3 is 0 Å². The van der Waals surface area contributed by atoms with E-state index in [4.69, 9.17) is 5.73 Å². The Morgan fingerprint density at radius 1 is 1.02 bits per heavy atom. The van der Waals surface area contributed by atoms with Crippen molar-refractivity contribution in [3.05, 3.63) is 96.7 Å². The lowest BCUT2D eigenvalue weighted by Gasteiger charge is -2.33. The number of hydrogen-bond acceptors (Lipinski definition) is 9. The first-order chi connectivity index (χ1) is 22.7. The molecular formula is C32H33F3N10O2. The molecule has 0 unspecified atom stereocenters. The van der Waals surface area contributed by atoms with Crippen molar-refractivity contribution in [2.45, 2.75) is 37.5 Å². The Morgan fingerprint density at radius 3 is 2.49 bits per heavy atom. The van der Waals surface area contributed by atoms with Crippen LogP contribution in [0.2, 0.25) is 0 Å². The second-order valence-electron chi connectivity index (χ2n) is 11.4. The molecule has 2 aromatic carbocycles. The van der Waals surface area contributed by atoms with E-state index in [1.165, 1.54) is 35.5 Å². The maximum absolute atomic E-state index is 14.7. The van der Waals surface area contributed by atoms with E-state index in [-0.39, 0.29) is 55.3 Å². The van der Waals surface area contributed by atoms with Crippen molar-refractivity contribution in [3.8, 4) is 22.6 Å². The van der Waals surface area contributed by atoms with Crippen LogP contribution in [0.4, 0.5) is 19.1 Å². The topological polar surface area (TPSA) is 153 Å². The molecule has 0 bridgehead atoms. The molecule has 244 valence electrons. The third-order valence-corrected chi connectivity index (χ3v) is 8.29. The van der Waals surface area contributed by atoms with E-state index in [0.29, 0.717) is 43.4 Å². The van der Waals surface area contributed by atoms with Crippen LogP contribution in [0.15, 0.2) is 73.7 Å². The van der Waals surface area contributed by atoms with Crippen molar-refractivity contribution in [1.29, 1.82) is 0 Å². The molecule has 4 N–H and O–H groups in total. The molecule has 12 nitrogen and oxygen atoms in total. The number of rotatable bonds is 11. The predicted molar refractivity (Wildman–Crippen MR) is 166 cm³/mol. The zero-order valence-electron chi connectivity index (χ0n) is 25.3. The fourth-order valence-electron chi connectivity index (χ4n) is 5.94. The largest absolute Gasteiger partial charge is 0.382 e. The Morgan fingerprint density at radius 2 is 1.79 bits per heavy atom. The van der Waals surface area contributed by atoms with E-state index in [9.17, 15) is 23.1 Å². The zero-order chi connectivity index (χ0) is 33.0. The van der Waals surface area contributed by atoms with Crippen LogP contribution < -0.4 is 11.1 Å². The number of nitrogens with zero attached hydrogens (tertiary/aromatic N) is 8. The highest BCUT2D eigenvalue weighted by molar-refractivity contribution is 5.78.